The lowest BCUT2D eigenvalue weighted by atomic mass is 9.96. The molecular formula is C15H21NO2. The fourth-order valence-corrected chi connectivity index (χ4v) is 2.70. The third kappa shape index (κ3) is 2.50. The van der Waals surface area contributed by atoms with Crippen molar-refractivity contribution in [3.8, 4) is 5.75 Å². The Labute approximate surface area is 109 Å². The molecule has 1 heterocycles. The average molecular weight is 247 g/mol. The van der Waals surface area contributed by atoms with E-state index in [1.165, 1.54) is 6.42 Å². The number of piperidine rings is 1. The van der Waals surface area contributed by atoms with E-state index in [4.69, 9.17) is 4.74 Å². The van der Waals surface area contributed by atoms with Gasteiger partial charge in [0, 0.05) is 17.6 Å². The maximum absolute atomic E-state index is 12.5. The molecule has 1 aromatic carbocycles. The van der Waals surface area contributed by atoms with Crippen molar-refractivity contribution in [2.24, 2.45) is 0 Å². The van der Waals surface area contributed by atoms with E-state index in [0.717, 1.165) is 24.2 Å². The number of likely N-dealkylation sites (tertiary alicyclic amines) is 1. The van der Waals surface area contributed by atoms with Gasteiger partial charge in [-0.2, -0.15) is 0 Å². The van der Waals surface area contributed by atoms with Crippen LogP contribution in [0.25, 0.3) is 0 Å². The van der Waals surface area contributed by atoms with Gasteiger partial charge in [0.25, 0.3) is 5.91 Å². The fraction of sp³-hybridized carbons (Fsp3) is 0.533. The van der Waals surface area contributed by atoms with Crippen LogP contribution in [0.15, 0.2) is 24.3 Å². The number of carbonyl (C=O) groups is 1. The van der Waals surface area contributed by atoms with E-state index in [9.17, 15) is 4.79 Å². The van der Waals surface area contributed by atoms with E-state index in [1.54, 1.807) is 7.11 Å². The molecule has 3 nitrogen and oxygen atoms in total. The minimum Gasteiger partial charge on any atom is -0.497 e. The van der Waals surface area contributed by atoms with Gasteiger partial charge in [0.2, 0.25) is 0 Å². The van der Waals surface area contributed by atoms with Crippen LogP contribution < -0.4 is 4.74 Å². The van der Waals surface area contributed by atoms with Gasteiger partial charge < -0.3 is 9.64 Å². The molecule has 1 fully saturated rings. The average Bonchev–Trinajstić information content (AvgIpc) is 2.38. The Morgan fingerprint density at radius 3 is 2.22 bits per heavy atom. The first-order valence-electron chi connectivity index (χ1n) is 6.60. The number of hydrogen-bond acceptors (Lipinski definition) is 2. The molecule has 0 N–H and O–H groups in total. The predicted octanol–water partition coefficient (Wildman–Crippen LogP) is 3.10. The molecule has 18 heavy (non-hydrogen) atoms. The fourth-order valence-electron chi connectivity index (χ4n) is 2.70. The lowest BCUT2D eigenvalue weighted by Crippen LogP contribution is -2.47. The van der Waals surface area contributed by atoms with Crippen molar-refractivity contribution < 1.29 is 9.53 Å². The van der Waals surface area contributed by atoms with Crippen molar-refractivity contribution in [1.82, 2.24) is 4.90 Å². The van der Waals surface area contributed by atoms with Crippen LogP contribution in [0.1, 0.15) is 43.5 Å². The van der Waals surface area contributed by atoms with E-state index in [0.29, 0.717) is 12.1 Å². The molecule has 2 atom stereocenters. The summed E-state index contributed by atoms with van der Waals surface area (Å²) >= 11 is 0. The molecule has 0 bridgehead atoms. The van der Waals surface area contributed by atoms with Gasteiger partial charge in [0.15, 0.2) is 0 Å². The van der Waals surface area contributed by atoms with Crippen LogP contribution in [0.4, 0.5) is 0 Å². The van der Waals surface area contributed by atoms with Crippen LogP contribution in [0.3, 0.4) is 0 Å². The molecular weight excluding hydrogens is 226 g/mol. The van der Waals surface area contributed by atoms with E-state index >= 15 is 0 Å². The van der Waals surface area contributed by atoms with E-state index in [2.05, 4.69) is 13.8 Å². The normalized spacial score (nSPS) is 23.8. The summed E-state index contributed by atoms with van der Waals surface area (Å²) in [5.74, 6) is 0.920. The monoisotopic (exact) mass is 247 g/mol. The Balaban J connectivity index is 2.18. The molecule has 1 aromatic rings. The van der Waals surface area contributed by atoms with E-state index in [1.807, 2.05) is 29.2 Å². The molecule has 98 valence electrons. The summed E-state index contributed by atoms with van der Waals surface area (Å²) < 4.78 is 5.11. The Morgan fingerprint density at radius 2 is 1.72 bits per heavy atom. The van der Waals surface area contributed by atoms with Gasteiger partial charge in [-0.25, -0.2) is 0 Å². The van der Waals surface area contributed by atoms with Crippen molar-refractivity contribution in [1.29, 1.82) is 0 Å². The number of hydrogen-bond donors (Lipinski definition) is 0. The minimum atomic E-state index is 0.136. The summed E-state index contributed by atoms with van der Waals surface area (Å²) in [5, 5.41) is 0. The molecule has 0 saturated carbocycles. The Morgan fingerprint density at radius 1 is 1.17 bits per heavy atom. The third-order valence-corrected chi connectivity index (χ3v) is 3.77. The summed E-state index contributed by atoms with van der Waals surface area (Å²) in [6.45, 7) is 4.27. The van der Waals surface area contributed by atoms with Gasteiger partial charge in [-0.15, -0.1) is 0 Å². The number of nitrogens with zero attached hydrogens (tertiary/aromatic N) is 1. The van der Waals surface area contributed by atoms with Crippen molar-refractivity contribution in [2.75, 3.05) is 7.11 Å². The number of rotatable bonds is 2. The highest BCUT2D eigenvalue weighted by Crippen LogP contribution is 2.25. The predicted molar refractivity (Wildman–Crippen MR) is 71.9 cm³/mol. The van der Waals surface area contributed by atoms with Crippen molar-refractivity contribution in [3.05, 3.63) is 29.8 Å². The standard InChI is InChI=1S/C15H21NO2/c1-11-5-4-6-12(2)16(11)15(17)13-7-9-14(18-3)10-8-13/h7-12H,4-6H2,1-3H3/t11-,12-/m1/s1. The van der Waals surface area contributed by atoms with Crippen LogP contribution in [-0.4, -0.2) is 30.0 Å². The summed E-state index contributed by atoms with van der Waals surface area (Å²) in [6.07, 6.45) is 3.42. The molecule has 3 heteroatoms. The Hall–Kier alpha value is -1.51. The highest BCUT2D eigenvalue weighted by Gasteiger charge is 2.29. The first kappa shape index (κ1) is 12.9. The highest BCUT2D eigenvalue weighted by atomic mass is 16.5. The molecule has 0 unspecified atom stereocenters. The maximum Gasteiger partial charge on any atom is 0.254 e. The second-order valence-corrected chi connectivity index (χ2v) is 5.07. The molecule has 1 aliphatic rings. The lowest BCUT2D eigenvalue weighted by molar-refractivity contribution is 0.0511. The summed E-state index contributed by atoms with van der Waals surface area (Å²) in [6, 6.07) is 8.04. The van der Waals surface area contributed by atoms with Gasteiger partial charge >= 0.3 is 0 Å². The second-order valence-electron chi connectivity index (χ2n) is 5.07. The molecule has 1 amide bonds. The number of carbonyl (C=O) groups excluding carboxylic acids is 1. The van der Waals surface area contributed by atoms with Crippen LogP contribution in [-0.2, 0) is 0 Å². The van der Waals surface area contributed by atoms with Crippen molar-refractivity contribution in [2.45, 2.75) is 45.2 Å². The zero-order chi connectivity index (χ0) is 13.1. The minimum absolute atomic E-state index is 0.136. The first-order chi connectivity index (χ1) is 8.63. The number of amides is 1. The van der Waals surface area contributed by atoms with E-state index in [-0.39, 0.29) is 5.91 Å². The van der Waals surface area contributed by atoms with Crippen LogP contribution in [0.5, 0.6) is 5.75 Å². The van der Waals surface area contributed by atoms with Gasteiger partial charge in [-0.3, -0.25) is 4.79 Å². The number of methoxy groups -OCH3 is 1. The van der Waals surface area contributed by atoms with Crippen LogP contribution in [0, 0.1) is 0 Å². The van der Waals surface area contributed by atoms with Crippen molar-refractivity contribution in [3.63, 3.8) is 0 Å². The van der Waals surface area contributed by atoms with Gasteiger partial charge in [0.1, 0.15) is 5.75 Å². The second kappa shape index (κ2) is 5.42. The Kier molecular flexibility index (Phi) is 3.90. The summed E-state index contributed by atoms with van der Waals surface area (Å²) in [4.78, 5) is 14.5. The number of ether oxygens (including phenoxy) is 1. The van der Waals surface area contributed by atoms with Crippen molar-refractivity contribution >= 4 is 5.91 Å². The lowest BCUT2D eigenvalue weighted by Gasteiger charge is -2.39. The van der Waals surface area contributed by atoms with E-state index < -0.39 is 0 Å². The van der Waals surface area contributed by atoms with Gasteiger partial charge in [-0.05, 0) is 57.4 Å². The van der Waals surface area contributed by atoms with Crippen LogP contribution >= 0.6 is 0 Å². The topological polar surface area (TPSA) is 29.5 Å². The SMILES string of the molecule is COc1ccc(C(=O)N2[C@H](C)CCC[C@H]2C)cc1. The van der Waals surface area contributed by atoms with Gasteiger partial charge in [-0.1, -0.05) is 0 Å². The molecule has 0 aromatic heterocycles. The Bertz CT molecular complexity index is 403. The zero-order valence-electron chi connectivity index (χ0n) is 11.3. The largest absolute Gasteiger partial charge is 0.497 e. The quantitative estimate of drug-likeness (QED) is 0.803. The first-order valence-corrected chi connectivity index (χ1v) is 6.60. The maximum atomic E-state index is 12.5. The van der Waals surface area contributed by atoms with Crippen LogP contribution in [0.2, 0.25) is 0 Å². The number of benzene rings is 1. The smallest absolute Gasteiger partial charge is 0.254 e. The summed E-state index contributed by atoms with van der Waals surface area (Å²) in [7, 11) is 1.63. The molecule has 0 aliphatic carbocycles. The third-order valence-electron chi connectivity index (χ3n) is 3.77. The highest BCUT2D eigenvalue weighted by molar-refractivity contribution is 5.94. The molecule has 1 aliphatic heterocycles. The molecule has 2 rings (SSSR count). The van der Waals surface area contributed by atoms with Gasteiger partial charge in [0.05, 0.1) is 7.11 Å². The molecule has 1 saturated heterocycles. The molecule has 0 spiro atoms. The molecule has 0 radical (unpaired) electrons. The summed E-state index contributed by atoms with van der Waals surface area (Å²) in [5.41, 5.74) is 0.747. The zero-order valence-corrected chi connectivity index (χ0v) is 11.3.